The molecule has 4 aromatic carbocycles. The van der Waals surface area contributed by atoms with Crippen molar-refractivity contribution in [2.45, 2.75) is 18.9 Å². The molecule has 6 rings (SSSR count). The van der Waals surface area contributed by atoms with Gasteiger partial charge in [0.1, 0.15) is 28.1 Å². The molecule has 11 heteroatoms. The summed E-state index contributed by atoms with van der Waals surface area (Å²) in [5.41, 5.74) is 5.02. The molecule has 0 radical (unpaired) electrons. The zero-order valence-electron chi connectivity index (χ0n) is 25.3. The third-order valence-electron chi connectivity index (χ3n) is 6.22. The number of ether oxygens (including phenoxy) is 2. The Morgan fingerprint density at radius 1 is 0.702 bits per heavy atom. The third kappa shape index (κ3) is 11.2. The van der Waals surface area contributed by atoms with Crippen LogP contribution in [0.25, 0.3) is 22.3 Å². The minimum absolute atomic E-state index is 0.0584. The maximum atomic E-state index is 11.1. The van der Waals surface area contributed by atoms with Crippen LogP contribution in [0.4, 0.5) is 0 Å². The van der Waals surface area contributed by atoms with E-state index in [1.165, 1.54) is 33.6 Å². The number of aromatic hydroxyl groups is 1. The molecule has 0 saturated carbocycles. The predicted octanol–water partition coefficient (Wildman–Crippen LogP) is 9.36. The number of phenols is 1. The number of carboxylic acid groups (broad SMARTS) is 1. The third-order valence-corrected chi connectivity index (χ3v) is 8.79. The molecule has 0 fully saturated rings. The summed E-state index contributed by atoms with van der Waals surface area (Å²) in [7, 11) is 0. The SMILES string of the molecule is CCOC(=O)c1csc(CBr)n1.O=C(O)c1csc(COc2ccc(-c3ccccc3)cc2)n1.Oc1ccc(-c2ccccc2)cc1. The minimum atomic E-state index is -1.02. The summed E-state index contributed by atoms with van der Waals surface area (Å²) in [6, 6.07) is 35.2. The van der Waals surface area contributed by atoms with Gasteiger partial charge in [0, 0.05) is 10.8 Å². The second-order valence-corrected chi connectivity index (χ2v) is 12.0. The summed E-state index contributed by atoms with van der Waals surface area (Å²) >= 11 is 5.98. The molecule has 0 aliphatic rings. The van der Waals surface area contributed by atoms with E-state index < -0.39 is 5.97 Å². The molecule has 0 aliphatic heterocycles. The Morgan fingerprint density at radius 2 is 1.19 bits per heavy atom. The van der Waals surface area contributed by atoms with Crippen LogP contribution in [0.1, 0.15) is 37.9 Å². The van der Waals surface area contributed by atoms with E-state index in [1.54, 1.807) is 24.4 Å². The normalized spacial score (nSPS) is 10.1. The van der Waals surface area contributed by atoms with Crippen molar-refractivity contribution >= 4 is 50.5 Å². The first-order chi connectivity index (χ1) is 22.9. The highest BCUT2D eigenvalue weighted by atomic mass is 79.9. The molecule has 0 aliphatic carbocycles. The van der Waals surface area contributed by atoms with Crippen LogP contribution < -0.4 is 4.74 Å². The van der Waals surface area contributed by atoms with E-state index in [4.69, 9.17) is 19.7 Å². The second kappa shape index (κ2) is 18.3. The Kier molecular flexibility index (Phi) is 13.7. The van der Waals surface area contributed by atoms with Crippen molar-refractivity contribution in [1.82, 2.24) is 9.97 Å². The maximum absolute atomic E-state index is 11.1. The van der Waals surface area contributed by atoms with Crippen molar-refractivity contribution in [2.24, 2.45) is 0 Å². The van der Waals surface area contributed by atoms with E-state index in [9.17, 15) is 9.59 Å². The second-order valence-electron chi connectivity index (χ2n) is 9.50. The first-order valence-electron chi connectivity index (χ1n) is 14.3. The van der Waals surface area contributed by atoms with E-state index in [0.717, 1.165) is 27.4 Å². The Morgan fingerprint density at radius 3 is 1.68 bits per heavy atom. The fraction of sp³-hybridized carbons (Fsp3) is 0.111. The standard InChI is InChI=1S/C17H13NO3S.C12H10O.C7H8BrNO2S/c19-17(20)15-11-22-16(18-15)10-21-14-8-6-13(7-9-14)12-4-2-1-3-5-12;13-12-8-6-11(7-9-12)10-4-2-1-3-5-10;1-2-11-7(10)5-4-12-6(3-8)9-5/h1-9,11H,10H2,(H,19,20);1-9,13H;4H,2-3H2,1H3. The number of thiazole rings is 2. The van der Waals surface area contributed by atoms with Gasteiger partial charge in [0.2, 0.25) is 0 Å². The highest BCUT2D eigenvalue weighted by Gasteiger charge is 2.10. The number of benzene rings is 4. The predicted molar refractivity (Wildman–Crippen MR) is 190 cm³/mol. The van der Waals surface area contributed by atoms with E-state index in [-0.39, 0.29) is 18.3 Å². The number of halogens is 1. The molecule has 0 bridgehead atoms. The van der Waals surface area contributed by atoms with E-state index in [2.05, 4.69) is 38.0 Å². The lowest BCUT2D eigenvalue weighted by molar-refractivity contribution is 0.0519. The van der Waals surface area contributed by atoms with Crippen LogP contribution in [-0.4, -0.2) is 38.7 Å². The van der Waals surface area contributed by atoms with Gasteiger partial charge < -0.3 is 19.7 Å². The van der Waals surface area contributed by atoms with Gasteiger partial charge in [0.05, 0.1) is 11.9 Å². The Bertz CT molecular complexity index is 1830. The summed E-state index contributed by atoms with van der Waals surface area (Å²) in [4.78, 5) is 29.9. The van der Waals surface area contributed by atoms with Crippen molar-refractivity contribution in [3.63, 3.8) is 0 Å². The molecular formula is C36H31BrN2O6S2. The van der Waals surface area contributed by atoms with E-state index >= 15 is 0 Å². The Hall–Kier alpha value is -4.84. The van der Waals surface area contributed by atoms with Crippen LogP contribution in [-0.2, 0) is 16.7 Å². The van der Waals surface area contributed by atoms with E-state index in [1.807, 2.05) is 84.9 Å². The molecule has 0 saturated heterocycles. The number of nitrogens with zero attached hydrogens (tertiary/aromatic N) is 2. The summed E-state index contributed by atoms with van der Waals surface area (Å²) in [6.07, 6.45) is 0. The van der Waals surface area contributed by atoms with Crippen LogP contribution >= 0.6 is 38.6 Å². The zero-order chi connectivity index (χ0) is 33.4. The molecule has 2 heterocycles. The van der Waals surface area contributed by atoms with Gasteiger partial charge in [-0.3, -0.25) is 0 Å². The maximum Gasteiger partial charge on any atom is 0.357 e. The molecule has 2 aromatic heterocycles. The van der Waals surface area contributed by atoms with Gasteiger partial charge >= 0.3 is 11.9 Å². The summed E-state index contributed by atoms with van der Waals surface area (Å²) in [5.74, 6) is -0.331. The van der Waals surface area contributed by atoms with Gasteiger partial charge in [0.25, 0.3) is 0 Å². The van der Waals surface area contributed by atoms with Gasteiger partial charge in [-0.25, -0.2) is 19.6 Å². The lowest BCUT2D eigenvalue weighted by Gasteiger charge is -2.06. The number of carboxylic acids is 1. The average molecular weight is 732 g/mol. The molecule has 0 amide bonds. The fourth-order valence-corrected chi connectivity index (χ4v) is 5.76. The van der Waals surface area contributed by atoms with Crippen molar-refractivity contribution in [3.05, 3.63) is 141 Å². The lowest BCUT2D eigenvalue weighted by Crippen LogP contribution is -2.04. The van der Waals surface area contributed by atoms with Crippen molar-refractivity contribution in [3.8, 4) is 33.8 Å². The Balaban J connectivity index is 0.000000171. The topological polar surface area (TPSA) is 119 Å². The van der Waals surface area contributed by atoms with Crippen molar-refractivity contribution in [2.75, 3.05) is 6.61 Å². The molecule has 0 spiro atoms. The zero-order valence-corrected chi connectivity index (χ0v) is 28.5. The van der Waals surface area contributed by atoms with Gasteiger partial charge in [-0.1, -0.05) is 101 Å². The molecule has 0 atom stereocenters. The number of esters is 1. The van der Waals surface area contributed by atoms with Crippen molar-refractivity contribution < 1.29 is 29.3 Å². The molecule has 0 unspecified atom stereocenters. The fourth-order valence-electron chi connectivity index (χ4n) is 3.95. The minimum Gasteiger partial charge on any atom is -0.508 e. The number of alkyl halides is 1. The number of aromatic nitrogens is 2. The van der Waals surface area contributed by atoms with Gasteiger partial charge in [-0.2, -0.15) is 0 Å². The number of hydrogen-bond acceptors (Lipinski definition) is 9. The smallest absolute Gasteiger partial charge is 0.357 e. The highest BCUT2D eigenvalue weighted by molar-refractivity contribution is 9.08. The lowest BCUT2D eigenvalue weighted by atomic mass is 10.1. The number of carbonyl (C=O) groups excluding carboxylic acids is 1. The summed E-state index contributed by atoms with van der Waals surface area (Å²) in [6.45, 7) is 2.43. The van der Waals surface area contributed by atoms with Crippen LogP contribution in [0.15, 0.2) is 120 Å². The molecule has 240 valence electrons. The van der Waals surface area contributed by atoms with Crippen molar-refractivity contribution in [1.29, 1.82) is 0 Å². The quantitative estimate of drug-likeness (QED) is 0.112. The monoisotopic (exact) mass is 730 g/mol. The van der Waals surface area contributed by atoms with Gasteiger partial charge in [-0.05, 0) is 53.4 Å². The highest BCUT2D eigenvalue weighted by Crippen LogP contribution is 2.23. The number of carbonyl (C=O) groups is 2. The van der Waals surface area contributed by atoms with Crippen LogP contribution in [0, 0.1) is 0 Å². The largest absolute Gasteiger partial charge is 0.508 e. The summed E-state index contributed by atoms with van der Waals surface area (Å²) < 4.78 is 10.4. The molecule has 6 aromatic rings. The van der Waals surface area contributed by atoms with Crippen LogP contribution in [0.5, 0.6) is 11.5 Å². The number of aromatic carboxylic acids is 1. The van der Waals surface area contributed by atoms with Crippen LogP contribution in [0.2, 0.25) is 0 Å². The first-order valence-corrected chi connectivity index (χ1v) is 17.2. The average Bonchev–Trinajstić information content (AvgIpc) is 3.80. The summed E-state index contributed by atoms with van der Waals surface area (Å²) in [5, 5.41) is 23.4. The molecule has 2 N–H and O–H groups in total. The first kappa shape index (κ1) is 35.0. The van der Waals surface area contributed by atoms with Crippen LogP contribution in [0.3, 0.4) is 0 Å². The number of phenolic OH excluding ortho intramolecular Hbond substituents is 1. The molecule has 8 nitrogen and oxygen atoms in total. The number of rotatable bonds is 9. The van der Waals surface area contributed by atoms with E-state index in [0.29, 0.717) is 28.4 Å². The molecular weight excluding hydrogens is 700 g/mol. The number of hydrogen-bond donors (Lipinski definition) is 2. The Labute approximate surface area is 289 Å². The van der Waals surface area contributed by atoms with Gasteiger partial charge in [0.15, 0.2) is 11.4 Å². The molecule has 47 heavy (non-hydrogen) atoms. The van der Waals surface area contributed by atoms with Gasteiger partial charge in [-0.15, -0.1) is 22.7 Å².